The van der Waals surface area contributed by atoms with Crippen LogP contribution in [0.15, 0.2) is 15.3 Å². The van der Waals surface area contributed by atoms with E-state index in [2.05, 4.69) is 53.8 Å². The van der Waals surface area contributed by atoms with Crippen LogP contribution in [0, 0.1) is 0 Å². The van der Waals surface area contributed by atoms with Crippen molar-refractivity contribution in [1.82, 2.24) is 14.9 Å². The SMILES string of the molecule is CN1C2CCC1CC(c1nc(Br)cc(Br)n1)C2. The van der Waals surface area contributed by atoms with Gasteiger partial charge in [0.05, 0.1) is 0 Å². The van der Waals surface area contributed by atoms with Crippen molar-refractivity contribution in [3.8, 4) is 0 Å². The third-order valence-corrected chi connectivity index (χ3v) is 4.96. The average Bonchev–Trinajstić information content (AvgIpc) is 2.51. The molecule has 2 bridgehead atoms. The summed E-state index contributed by atoms with van der Waals surface area (Å²) < 4.78 is 1.75. The minimum Gasteiger partial charge on any atom is -0.300 e. The van der Waals surface area contributed by atoms with Gasteiger partial charge in [0.1, 0.15) is 15.0 Å². The topological polar surface area (TPSA) is 29.0 Å². The van der Waals surface area contributed by atoms with Gasteiger partial charge in [-0.15, -0.1) is 0 Å². The Labute approximate surface area is 118 Å². The van der Waals surface area contributed by atoms with Gasteiger partial charge in [-0.05, 0) is 64.6 Å². The predicted molar refractivity (Wildman–Crippen MR) is 74.0 cm³/mol. The van der Waals surface area contributed by atoms with Crippen LogP contribution in [0.25, 0.3) is 0 Å². The fraction of sp³-hybridized carbons (Fsp3) is 0.667. The molecule has 2 fully saturated rings. The maximum absolute atomic E-state index is 4.54. The molecule has 3 nitrogen and oxygen atoms in total. The van der Waals surface area contributed by atoms with Crippen LogP contribution in [0.3, 0.4) is 0 Å². The van der Waals surface area contributed by atoms with E-state index in [1.54, 1.807) is 0 Å². The Kier molecular flexibility index (Phi) is 3.26. The van der Waals surface area contributed by atoms with Crippen LogP contribution in [0.5, 0.6) is 0 Å². The van der Waals surface area contributed by atoms with E-state index in [0.717, 1.165) is 27.1 Å². The minimum atomic E-state index is 0.525. The molecule has 0 aromatic carbocycles. The summed E-state index contributed by atoms with van der Waals surface area (Å²) in [5.74, 6) is 1.52. The normalized spacial score (nSPS) is 33.0. The predicted octanol–water partition coefficient (Wildman–Crippen LogP) is 3.34. The molecular formula is C12H15Br2N3. The fourth-order valence-electron chi connectivity index (χ4n) is 3.21. The van der Waals surface area contributed by atoms with E-state index in [1.807, 2.05) is 6.07 Å². The molecule has 3 rings (SSSR count). The Bertz CT molecular complexity index is 404. The molecule has 2 unspecified atom stereocenters. The summed E-state index contributed by atoms with van der Waals surface area (Å²) in [6, 6.07) is 3.37. The molecule has 17 heavy (non-hydrogen) atoms. The smallest absolute Gasteiger partial charge is 0.134 e. The second kappa shape index (κ2) is 4.59. The molecule has 0 aliphatic carbocycles. The lowest BCUT2D eigenvalue weighted by atomic mass is 9.90. The minimum absolute atomic E-state index is 0.525. The number of aromatic nitrogens is 2. The monoisotopic (exact) mass is 359 g/mol. The van der Waals surface area contributed by atoms with Crippen LogP contribution in [0.2, 0.25) is 0 Å². The van der Waals surface area contributed by atoms with E-state index in [-0.39, 0.29) is 0 Å². The summed E-state index contributed by atoms with van der Waals surface area (Å²) in [6.45, 7) is 0. The summed E-state index contributed by atoms with van der Waals surface area (Å²) in [7, 11) is 2.26. The summed E-state index contributed by atoms with van der Waals surface area (Å²) in [5, 5.41) is 0. The first-order valence-electron chi connectivity index (χ1n) is 6.05. The number of rotatable bonds is 1. The van der Waals surface area contributed by atoms with E-state index >= 15 is 0 Å². The number of nitrogens with zero attached hydrogens (tertiary/aromatic N) is 3. The molecule has 92 valence electrons. The molecular weight excluding hydrogens is 346 g/mol. The van der Waals surface area contributed by atoms with Crippen molar-refractivity contribution < 1.29 is 0 Å². The van der Waals surface area contributed by atoms with Crippen molar-refractivity contribution in [3.05, 3.63) is 21.1 Å². The fourth-order valence-corrected chi connectivity index (χ4v) is 4.32. The first-order valence-corrected chi connectivity index (χ1v) is 7.64. The van der Waals surface area contributed by atoms with Crippen molar-refractivity contribution in [1.29, 1.82) is 0 Å². The average molecular weight is 361 g/mol. The largest absolute Gasteiger partial charge is 0.300 e. The number of halogens is 2. The van der Waals surface area contributed by atoms with Crippen LogP contribution in [0.1, 0.15) is 37.4 Å². The molecule has 0 radical (unpaired) electrons. The summed E-state index contributed by atoms with van der Waals surface area (Å²) in [4.78, 5) is 11.6. The lowest BCUT2D eigenvalue weighted by Gasteiger charge is -2.35. The zero-order chi connectivity index (χ0) is 12.0. The van der Waals surface area contributed by atoms with Crippen LogP contribution in [-0.4, -0.2) is 34.0 Å². The van der Waals surface area contributed by atoms with Crippen molar-refractivity contribution in [2.45, 2.75) is 43.7 Å². The molecule has 1 aromatic rings. The second-order valence-corrected chi connectivity index (χ2v) is 6.72. The third kappa shape index (κ3) is 2.29. The summed E-state index contributed by atoms with van der Waals surface area (Å²) in [6.07, 6.45) is 5.09. The van der Waals surface area contributed by atoms with Crippen LogP contribution >= 0.6 is 31.9 Å². The van der Waals surface area contributed by atoms with E-state index in [1.165, 1.54) is 25.7 Å². The van der Waals surface area contributed by atoms with E-state index in [4.69, 9.17) is 0 Å². The van der Waals surface area contributed by atoms with Gasteiger partial charge in [-0.2, -0.15) is 0 Å². The molecule has 0 amide bonds. The first kappa shape index (κ1) is 12.1. The zero-order valence-electron chi connectivity index (χ0n) is 9.74. The third-order valence-electron chi connectivity index (χ3n) is 4.14. The number of hydrogen-bond donors (Lipinski definition) is 0. The molecule has 1 aromatic heterocycles. The van der Waals surface area contributed by atoms with Gasteiger partial charge in [-0.1, -0.05) is 0 Å². The highest BCUT2D eigenvalue weighted by Gasteiger charge is 2.39. The van der Waals surface area contributed by atoms with E-state index in [9.17, 15) is 0 Å². The van der Waals surface area contributed by atoms with Gasteiger partial charge >= 0.3 is 0 Å². The highest BCUT2D eigenvalue weighted by molar-refractivity contribution is 9.11. The van der Waals surface area contributed by atoms with Gasteiger partial charge in [0, 0.05) is 24.1 Å². The molecule has 0 saturated carbocycles. The van der Waals surface area contributed by atoms with Crippen LogP contribution in [-0.2, 0) is 0 Å². The Hall–Kier alpha value is -0.0000000000000000555. The van der Waals surface area contributed by atoms with Crippen molar-refractivity contribution in [2.24, 2.45) is 0 Å². The molecule has 2 saturated heterocycles. The maximum Gasteiger partial charge on any atom is 0.134 e. The molecule has 2 aliphatic heterocycles. The second-order valence-electron chi connectivity index (χ2n) is 5.09. The Morgan fingerprint density at radius 3 is 2.18 bits per heavy atom. The number of fused-ring (bicyclic) bond motifs is 2. The van der Waals surface area contributed by atoms with E-state index < -0.39 is 0 Å². The van der Waals surface area contributed by atoms with Crippen molar-refractivity contribution in [3.63, 3.8) is 0 Å². The summed E-state index contributed by atoms with van der Waals surface area (Å²) in [5.41, 5.74) is 0. The molecule has 0 spiro atoms. The molecule has 2 aliphatic rings. The lowest BCUT2D eigenvalue weighted by Crippen LogP contribution is -2.39. The Balaban J connectivity index is 1.86. The molecule has 3 heterocycles. The Morgan fingerprint density at radius 2 is 1.65 bits per heavy atom. The van der Waals surface area contributed by atoms with Crippen LogP contribution in [0.4, 0.5) is 0 Å². The lowest BCUT2D eigenvalue weighted by molar-refractivity contribution is 0.158. The van der Waals surface area contributed by atoms with Crippen LogP contribution < -0.4 is 0 Å². The van der Waals surface area contributed by atoms with E-state index in [0.29, 0.717) is 5.92 Å². The van der Waals surface area contributed by atoms with Gasteiger partial charge in [0.15, 0.2) is 0 Å². The Morgan fingerprint density at radius 1 is 1.12 bits per heavy atom. The quantitative estimate of drug-likeness (QED) is 0.719. The number of hydrogen-bond acceptors (Lipinski definition) is 3. The van der Waals surface area contributed by atoms with Gasteiger partial charge in [0.25, 0.3) is 0 Å². The van der Waals surface area contributed by atoms with Crippen molar-refractivity contribution >= 4 is 31.9 Å². The first-order chi connectivity index (χ1) is 8.13. The maximum atomic E-state index is 4.54. The standard InChI is InChI=1S/C12H15Br2N3/c1-17-8-2-3-9(17)5-7(4-8)12-15-10(13)6-11(14)16-12/h6-9H,2-5H2,1H3. The zero-order valence-corrected chi connectivity index (χ0v) is 12.9. The number of piperidine rings is 1. The molecule has 0 N–H and O–H groups in total. The molecule has 2 atom stereocenters. The highest BCUT2D eigenvalue weighted by Crippen LogP contribution is 2.41. The summed E-state index contributed by atoms with van der Waals surface area (Å²) >= 11 is 6.89. The van der Waals surface area contributed by atoms with Gasteiger partial charge in [-0.3, -0.25) is 0 Å². The van der Waals surface area contributed by atoms with Crippen molar-refractivity contribution in [2.75, 3.05) is 7.05 Å². The van der Waals surface area contributed by atoms with Gasteiger partial charge in [-0.25, -0.2) is 9.97 Å². The highest BCUT2D eigenvalue weighted by atomic mass is 79.9. The van der Waals surface area contributed by atoms with Gasteiger partial charge in [0.2, 0.25) is 0 Å². The van der Waals surface area contributed by atoms with Gasteiger partial charge < -0.3 is 4.90 Å². The molecule has 5 heteroatoms.